The fraction of sp³-hybridized carbons (Fsp3) is 0.417. The van der Waals surface area contributed by atoms with Gasteiger partial charge in [0.1, 0.15) is 6.54 Å². The topological polar surface area (TPSA) is 45.1 Å². The van der Waals surface area contributed by atoms with E-state index >= 15 is 0 Å². The maximum atomic E-state index is 12.1. The number of ether oxygens (including phenoxy) is 1. The van der Waals surface area contributed by atoms with E-state index < -0.39 is 0 Å². The standard InChI is InChI=1S/C24H31N3O2/c1-7-29-21(28)14-25-24-26(22-16(2)10-8-11-17(22)3)15-20(6)27(24)23-18(4)12-9-13-19(23)5/h8-13,20H,7,14-15H2,1-6H3. The number of carbonyl (C=O) groups excluding carboxylic acids is 1. The molecule has 5 heteroatoms. The fourth-order valence-corrected chi connectivity index (χ4v) is 4.19. The first-order valence-electron chi connectivity index (χ1n) is 10.2. The summed E-state index contributed by atoms with van der Waals surface area (Å²) in [5, 5.41) is 0. The maximum absolute atomic E-state index is 12.1. The Morgan fingerprint density at radius 2 is 1.52 bits per heavy atom. The first kappa shape index (κ1) is 20.9. The number of nitrogens with zero attached hydrogens (tertiary/aromatic N) is 3. The molecule has 0 N–H and O–H groups in total. The molecule has 1 atom stereocenters. The minimum Gasteiger partial charge on any atom is -0.465 e. The summed E-state index contributed by atoms with van der Waals surface area (Å²) in [7, 11) is 0. The van der Waals surface area contributed by atoms with Crippen LogP contribution in [0.1, 0.15) is 36.1 Å². The van der Waals surface area contributed by atoms with E-state index in [-0.39, 0.29) is 18.6 Å². The lowest BCUT2D eigenvalue weighted by atomic mass is 10.1. The molecule has 3 rings (SSSR count). The van der Waals surface area contributed by atoms with E-state index in [0.717, 1.165) is 23.9 Å². The summed E-state index contributed by atoms with van der Waals surface area (Å²) >= 11 is 0. The summed E-state index contributed by atoms with van der Waals surface area (Å²) < 4.78 is 5.12. The van der Waals surface area contributed by atoms with Crippen molar-refractivity contribution in [1.29, 1.82) is 0 Å². The molecule has 29 heavy (non-hydrogen) atoms. The third kappa shape index (κ3) is 4.14. The monoisotopic (exact) mass is 393 g/mol. The van der Waals surface area contributed by atoms with Crippen molar-refractivity contribution in [2.24, 2.45) is 4.99 Å². The quantitative estimate of drug-likeness (QED) is 0.699. The van der Waals surface area contributed by atoms with Gasteiger partial charge in [-0.25, -0.2) is 4.99 Å². The molecule has 1 unspecified atom stereocenters. The van der Waals surface area contributed by atoms with Crippen LogP contribution in [0.2, 0.25) is 0 Å². The molecule has 2 aromatic rings. The summed E-state index contributed by atoms with van der Waals surface area (Å²) in [6.45, 7) is 13.7. The summed E-state index contributed by atoms with van der Waals surface area (Å²) in [4.78, 5) is 21.4. The zero-order valence-corrected chi connectivity index (χ0v) is 18.3. The number of anilines is 2. The van der Waals surface area contributed by atoms with Gasteiger partial charge in [0.05, 0.1) is 12.6 Å². The van der Waals surface area contributed by atoms with Gasteiger partial charge in [-0.05, 0) is 63.8 Å². The highest BCUT2D eigenvalue weighted by Gasteiger charge is 2.37. The van der Waals surface area contributed by atoms with E-state index in [2.05, 4.69) is 80.8 Å². The van der Waals surface area contributed by atoms with Crippen molar-refractivity contribution < 1.29 is 9.53 Å². The van der Waals surface area contributed by atoms with Crippen molar-refractivity contribution in [3.8, 4) is 0 Å². The molecule has 0 aliphatic carbocycles. The SMILES string of the molecule is CCOC(=O)CN=C1N(c2c(C)cccc2C)CC(C)N1c1c(C)cccc1C. The van der Waals surface area contributed by atoms with E-state index in [9.17, 15) is 4.79 Å². The Balaban J connectivity index is 2.12. The maximum Gasteiger partial charge on any atom is 0.327 e. The molecule has 0 bridgehead atoms. The zero-order chi connectivity index (χ0) is 21.1. The van der Waals surface area contributed by atoms with Crippen LogP contribution in [0.15, 0.2) is 41.4 Å². The van der Waals surface area contributed by atoms with Gasteiger partial charge >= 0.3 is 5.97 Å². The minimum absolute atomic E-state index is 0.0126. The highest BCUT2D eigenvalue weighted by molar-refractivity contribution is 6.12. The first-order chi connectivity index (χ1) is 13.8. The van der Waals surface area contributed by atoms with Gasteiger partial charge in [0.2, 0.25) is 5.96 Å². The summed E-state index contributed by atoms with van der Waals surface area (Å²) in [6.07, 6.45) is 0. The lowest BCUT2D eigenvalue weighted by molar-refractivity contribution is -0.141. The molecule has 154 valence electrons. The third-order valence-corrected chi connectivity index (χ3v) is 5.39. The van der Waals surface area contributed by atoms with Gasteiger partial charge in [0.15, 0.2) is 0 Å². The number of benzene rings is 2. The molecule has 1 aliphatic heterocycles. The molecule has 0 spiro atoms. The summed E-state index contributed by atoms with van der Waals surface area (Å²) in [5.74, 6) is 0.503. The number of hydrogen-bond acceptors (Lipinski definition) is 3. The van der Waals surface area contributed by atoms with Crippen molar-refractivity contribution in [2.75, 3.05) is 29.5 Å². The number of aliphatic imine (C=N–C) groups is 1. The van der Waals surface area contributed by atoms with E-state index in [0.29, 0.717) is 6.61 Å². The van der Waals surface area contributed by atoms with Gasteiger partial charge in [0.25, 0.3) is 0 Å². The third-order valence-electron chi connectivity index (χ3n) is 5.39. The number of rotatable bonds is 5. The Morgan fingerprint density at radius 1 is 1.00 bits per heavy atom. The zero-order valence-electron chi connectivity index (χ0n) is 18.3. The Morgan fingerprint density at radius 3 is 2.03 bits per heavy atom. The Hall–Kier alpha value is -2.82. The normalized spacial score (nSPS) is 17.9. The van der Waals surface area contributed by atoms with Gasteiger partial charge in [-0.1, -0.05) is 36.4 Å². The van der Waals surface area contributed by atoms with Crippen molar-refractivity contribution in [3.63, 3.8) is 0 Å². The molecule has 0 radical (unpaired) electrons. The molecule has 2 aromatic carbocycles. The number of hydrogen-bond donors (Lipinski definition) is 0. The van der Waals surface area contributed by atoms with Gasteiger partial charge < -0.3 is 14.5 Å². The van der Waals surface area contributed by atoms with Crippen LogP contribution in [0.25, 0.3) is 0 Å². The van der Waals surface area contributed by atoms with Crippen LogP contribution in [0, 0.1) is 27.7 Å². The van der Waals surface area contributed by atoms with Gasteiger partial charge in [-0.3, -0.25) is 4.79 Å². The first-order valence-corrected chi connectivity index (χ1v) is 10.2. The predicted octanol–water partition coefficient (Wildman–Crippen LogP) is 4.55. The van der Waals surface area contributed by atoms with Crippen molar-refractivity contribution >= 4 is 23.3 Å². The number of esters is 1. The molecular formula is C24H31N3O2. The lowest BCUT2D eigenvalue weighted by Gasteiger charge is -2.29. The van der Waals surface area contributed by atoms with Gasteiger partial charge in [-0.15, -0.1) is 0 Å². The van der Waals surface area contributed by atoms with Crippen molar-refractivity contribution in [3.05, 3.63) is 58.7 Å². The van der Waals surface area contributed by atoms with Crippen LogP contribution in [0.3, 0.4) is 0 Å². The van der Waals surface area contributed by atoms with E-state index in [4.69, 9.17) is 9.73 Å². The fourth-order valence-electron chi connectivity index (χ4n) is 4.19. The number of para-hydroxylation sites is 2. The molecule has 0 saturated carbocycles. The molecule has 1 fully saturated rings. The van der Waals surface area contributed by atoms with E-state index in [1.807, 2.05) is 6.92 Å². The smallest absolute Gasteiger partial charge is 0.327 e. The minimum atomic E-state index is -0.303. The Kier molecular flexibility index (Phi) is 6.26. The molecule has 1 aliphatic rings. The number of carbonyl (C=O) groups is 1. The van der Waals surface area contributed by atoms with Gasteiger partial charge in [0, 0.05) is 17.9 Å². The lowest BCUT2D eigenvalue weighted by Crippen LogP contribution is -2.37. The average molecular weight is 394 g/mol. The molecular weight excluding hydrogens is 362 g/mol. The highest BCUT2D eigenvalue weighted by atomic mass is 16.5. The summed E-state index contributed by atoms with van der Waals surface area (Å²) in [5.41, 5.74) is 7.12. The average Bonchev–Trinajstić information content (AvgIpc) is 2.96. The Labute approximate surface area is 174 Å². The second-order valence-electron chi connectivity index (χ2n) is 7.73. The van der Waals surface area contributed by atoms with E-state index in [1.54, 1.807) is 0 Å². The second kappa shape index (κ2) is 8.68. The van der Waals surface area contributed by atoms with Crippen LogP contribution in [-0.4, -0.2) is 37.7 Å². The molecule has 1 heterocycles. The van der Waals surface area contributed by atoms with Crippen LogP contribution in [0.4, 0.5) is 11.4 Å². The summed E-state index contributed by atoms with van der Waals surface area (Å²) in [6, 6.07) is 12.9. The van der Waals surface area contributed by atoms with Crippen LogP contribution in [0.5, 0.6) is 0 Å². The van der Waals surface area contributed by atoms with Gasteiger partial charge in [-0.2, -0.15) is 0 Å². The van der Waals surface area contributed by atoms with E-state index in [1.165, 1.54) is 22.3 Å². The molecule has 1 saturated heterocycles. The number of guanidine groups is 1. The predicted molar refractivity (Wildman–Crippen MR) is 120 cm³/mol. The van der Waals surface area contributed by atoms with Crippen LogP contribution in [-0.2, 0) is 9.53 Å². The molecule has 0 amide bonds. The second-order valence-corrected chi connectivity index (χ2v) is 7.73. The van der Waals surface area contributed by atoms with Crippen molar-refractivity contribution in [2.45, 2.75) is 47.6 Å². The Bertz CT molecular complexity index is 895. The highest BCUT2D eigenvalue weighted by Crippen LogP contribution is 2.35. The largest absolute Gasteiger partial charge is 0.465 e. The molecule has 5 nitrogen and oxygen atoms in total. The van der Waals surface area contributed by atoms with Crippen molar-refractivity contribution in [1.82, 2.24) is 0 Å². The number of aryl methyl sites for hydroxylation is 4. The van der Waals surface area contributed by atoms with Crippen LogP contribution < -0.4 is 9.80 Å². The molecule has 0 aromatic heterocycles. The van der Waals surface area contributed by atoms with Crippen LogP contribution >= 0.6 is 0 Å².